The summed E-state index contributed by atoms with van der Waals surface area (Å²) >= 11 is 0. The normalized spacial score (nSPS) is 38.9. The average Bonchev–Trinajstić information content (AvgIpc) is 3.67. The molecule has 6 aliphatic rings. The molecule has 7 nitrogen and oxygen atoms in total. The molecule has 1 aromatic heterocycles. The number of ketones is 1. The number of benzene rings is 1. The van der Waals surface area contributed by atoms with Crippen molar-refractivity contribution in [2.75, 3.05) is 0 Å². The summed E-state index contributed by atoms with van der Waals surface area (Å²) in [5.74, 6) is 0.260. The molecule has 2 aromatic rings. The van der Waals surface area contributed by atoms with Gasteiger partial charge in [-0.05, 0) is 119 Å². The van der Waals surface area contributed by atoms with E-state index in [2.05, 4.69) is 83.1 Å². The van der Waals surface area contributed by atoms with E-state index < -0.39 is 34.9 Å². The van der Waals surface area contributed by atoms with Crippen molar-refractivity contribution < 1.29 is 24.5 Å². The topological polar surface area (TPSA) is 101 Å². The number of hydrogen-bond donors (Lipinski definition) is 3. The second kappa shape index (κ2) is 10.4. The van der Waals surface area contributed by atoms with E-state index in [-0.39, 0.29) is 34.4 Å². The molecule has 266 valence electrons. The summed E-state index contributed by atoms with van der Waals surface area (Å²) < 4.78 is 8.89. The van der Waals surface area contributed by atoms with Crippen LogP contribution in [0.2, 0.25) is 0 Å². The average molecular weight is 679 g/mol. The van der Waals surface area contributed by atoms with Crippen molar-refractivity contribution in [2.24, 2.45) is 28.6 Å². The van der Waals surface area contributed by atoms with Crippen molar-refractivity contribution >= 4 is 28.2 Å². The number of carbonyl (C=O) groups excluding carboxylic acids is 2. The summed E-state index contributed by atoms with van der Waals surface area (Å²) in [5, 5.41) is 27.7. The molecular formula is C43H54N2O5. The number of Topliss-reactive ketones (excluding diaryl/α,β-unsaturated/α-hetero) is 1. The van der Waals surface area contributed by atoms with Gasteiger partial charge in [0.1, 0.15) is 6.04 Å². The number of rotatable bonds is 4. The fraction of sp³-hybridized carbons (Fsp3) is 0.581. The maximum atomic E-state index is 14.8. The summed E-state index contributed by atoms with van der Waals surface area (Å²) in [6.07, 6.45) is 13.1. The number of carbonyl (C=O) groups is 2. The zero-order valence-electron chi connectivity index (χ0n) is 31.2. The van der Waals surface area contributed by atoms with Crippen LogP contribution < -0.4 is 5.32 Å². The highest BCUT2D eigenvalue weighted by atomic mass is 16.5. The molecule has 3 heterocycles. The fourth-order valence-corrected chi connectivity index (χ4v) is 12.6. The number of aromatic nitrogens is 1. The Hall–Kier alpha value is -3.26. The number of aliphatic hydroxyl groups excluding tert-OH is 2. The Kier molecular flexibility index (Phi) is 7.06. The Balaban J connectivity index is 1.34. The summed E-state index contributed by atoms with van der Waals surface area (Å²) in [7, 11) is 0. The van der Waals surface area contributed by atoms with E-state index in [0.717, 1.165) is 58.9 Å². The van der Waals surface area contributed by atoms with E-state index >= 15 is 0 Å². The molecule has 4 aliphatic carbocycles. The van der Waals surface area contributed by atoms with Crippen LogP contribution in [0.3, 0.4) is 0 Å². The van der Waals surface area contributed by atoms with Gasteiger partial charge in [-0.1, -0.05) is 45.1 Å². The van der Waals surface area contributed by atoms with Gasteiger partial charge in [-0.25, -0.2) is 0 Å². The van der Waals surface area contributed by atoms with Crippen LogP contribution in [0.25, 0.3) is 16.5 Å². The lowest BCUT2D eigenvalue weighted by atomic mass is 9.40. The predicted octanol–water partition coefficient (Wildman–Crippen LogP) is 7.80. The maximum absolute atomic E-state index is 14.8. The molecule has 1 aromatic carbocycles. The third-order valence-electron chi connectivity index (χ3n) is 14.6. The Bertz CT molecular complexity index is 1990. The van der Waals surface area contributed by atoms with E-state index in [0.29, 0.717) is 17.9 Å². The molecular weight excluding hydrogens is 624 g/mol. The van der Waals surface area contributed by atoms with Crippen molar-refractivity contribution in [1.29, 1.82) is 0 Å². The van der Waals surface area contributed by atoms with Gasteiger partial charge < -0.3 is 24.8 Å². The lowest BCUT2D eigenvalue weighted by Gasteiger charge is -2.64. The second-order valence-electron chi connectivity index (χ2n) is 18.2. The SMILES string of the molecule is C=C(C)[C@H]1C(=O)c2c3c(cc4c5c(n1c24)[C@@]1(C)C(CC[C@H]2[C@](C)(/C=C/C=C/NC(C)=O)[C@@H](O)CC[C@@]21C)C5)C1=CC(C)(C)OC(C)(C)C1[C@@H]3O. The molecule has 2 aliphatic heterocycles. The number of amides is 1. The molecule has 1 amide bonds. The van der Waals surface area contributed by atoms with E-state index in [1.807, 2.05) is 19.1 Å². The molecule has 3 N–H and O–H groups in total. The monoisotopic (exact) mass is 678 g/mol. The molecule has 0 spiro atoms. The first-order valence-electron chi connectivity index (χ1n) is 18.6. The fourth-order valence-electron chi connectivity index (χ4n) is 12.6. The van der Waals surface area contributed by atoms with E-state index in [1.165, 1.54) is 18.2 Å². The minimum Gasteiger partial charge on any atom is -0.392 e. The van der Waals surface area contributed by atoms with Crippen molar-refractivity contribution in [3.8, 4) is 0 Å². The van der Waals surface area contributed by atoms with Gasteiger partial charge >= 0.3 is 0 Å². The number of fused-ring (bicyclic) bond motifs is 11. The molecule has 0 bridgehead atoms. The molecule has 50 heavy (non-hydrogen) atoms. The van der Waals surface area contributed by atoms with E-state index in [1.54, 1.807) is 6.20 Å². The van der Waals surface area contributed by atoms with Crippen LogP contribution in [0.5, 0.6) is 0 Å². The standard InChI is InChI=1S/C43H54N2O5/c1-22(2)34-37(49)32-31-25(28-21-39(4,5)50-40(6,7)33(28)36(31)48)20-26-27-19-24-13-14-29-41(8,16-11-12-18-44-23(3)46)30(47)15-17-42(29,9)43(24,10)38(27)45(34)35(26)32/h11-12,16,18,20-21,24,29-30,33-34,36,47-48H,1,13-15,17,19H2,2-10H3,(H,44,46)/b16-11+,18-12+/t24?,29-,30-,33?,34-,36+,41-,42-,43+/m0/s1. The molecule has 2 fully saturated rings. The Morgan fingerprint density at radius 1 is 1.06 bits per heavy atom. The minimum atomic E-state index is -0.848. The molecule has 2 unspecified atom stereocenters. The highest BCUT2D eigenvalue weighted by molar-refractivity contribution is 6.18. The first-order valence-corrected chi connectivity index (χ1v) is 18.6. The van der Waals surface area contributed by atoms with Crippen LogP contribution in [-0.2, 0) is 21.4 Å². The third kappa shape index (κ3) is 4.09. The van der Waals surface area contributed by atoms with Gasteiger partial charge in [0.15, 0.2) is 5.78 Å². The zero-order valence-corrected chi connectivity index (χ0v) is 31.2. The third-order valence-corrected chi connectivity index (χ3v) is 14.6. The van der Waals surface area contributed by atoms with Crippen LogP contribution in [0.1, 0.15) is 133 Å². The highest BCUT2D eigenvalue weighted by Gasteiger charge is 2.67. The van der Waals surface area contributed by atoms with Gasteiger partial charge in [0.25, 0.3) is 0 Å². The van der Waals surface area contributed by atoms with Crippen LogP contribution >= 0.6 is 0 Å². The first kappa shape index (κ1) is 33.9. The van der Waals surface area contributed by atoms with Gasteiger partial charge in [-0.15, -0.1) is 0 Å². The van der Waals surface area contributed by atoms with Crippen molar-refractivity contribution in [1.82, 2.24) is 9.88 Å². The smallest absolute Gasteiger partial charge is 0.220 e. The highest BCUT2D eigenvalue weighted by Crippen LogP contribution is 2.71. The molecule has 2 saturated carbocycles. The lowest BCUT2D eigenvalue weighted by Crippen LogP contribution is -2.62. The Labute approximate surface area is 296 Å². The number of hydrogen-bond acceptors (Lipinski definition) is 5. The van der Waals surface area contributed by atoms with E-state index in [9.17, 15) is 19.8 Å². The van der Waals surface area contributed by atoms with Crippen molar-refractivity contribution in [3.05, 3.63) is 76.7 Å². The van der Waals surface area contributed by atoms with E-state index in [4.69, 9.17) is 4.74 Å². The van der Waals surface area contributed by atoms with Gasteiger partial charge in [-0.2, -0.15) is 0 Å². The molecule has 9 atom stereocenters. The Morgan fingerprint density at radius 3 is 2.46 bits per heavy atom. The molecule has 0 radical (unpaired) electrons. The predicted molar refractivity (Wildman–Crippen MR) is 197 cm³/mol. The summed E-state index contributed by atoms with van der Waals surface area (Å²) in [4.78, 5) is 26.3. The van der Waals surface area contributed by atoms with Crippen LogP contribution in [-0.4, -0.2) is 43.8 Å². The molecule has 8 rings (SSSR count). The van der Waals surface area contributed by atoms with Crippen LogP contribution in [0, 0.1) is 28.6 Å². The number of allylic oxidation sites excluding steroid dienone is 3. The summed E-state index contributed by atoms with van der Waals surface area (Å²) in [5.41, 5.74) is 5.91. The number of aliphatic hydroxyl groups is 2. The maximum Gasteiger partial charge on any atom is 0.220 e. The summed E-state index contributed by atoms with van der Waals surface area (Å²) in [6.45, 7) is 23.2. The quantitative estimate of drug-likeness (QED) is 0.226. The van der Waals surface area contributed by atoms with Crippen molar-refractivity contribution in [2.45, 2.75) is 129 Å². The van der Waals surface area contributed by atoms with Crippen LogP contribution in [0.15, 0.2) is 48.7 Å². The van der Waals surface area contributed by atoms with Gasteiger partial charge in [0.2, 0.25) is 5.91 Å². The van der Waals surface area contributed by atoms with Crippen LogP contribution in [0.4, 0.5) is 0 Å². The molecule has 0 saturated heterocycles. The van der Waals surface area contributed by atoms with Crippen molar-refractivity contribution in [3.63, 3.8) is 0 Å². The van der Waals surface area contributed by atoms with Gasteiger partial charge in [0, 0.05) is 46.5 Å². The summed E-state index contributed by atoms with van der Waals surface area (Å²) in [6, 6.07) is 1.79. The van der Waals surface area contributed by atoms with Gasteiger partial charge in [-0.3, -0.25) is 9.59 Å². The zero-order chi connectivity index (χ0) is 36.1. The van der Waals surface area contributed by atoms with Gasteiger partial charge in [0.05, 0.1) is 34.5 Å². The lowest BCUT2D eigenvalue weighted by molar-refractivity contribution is -0.144. The minimum absolute atomic E-state index is 0.0378. The second-order valence-corrected chi connectivity index (χ2v) is 18.2. The largest absolute Gasteiger partial charge is 0.392 e. The molecule has 7 heteroatoms. The number of ether oxygens (including phenoxy) is 1. The number of nitrogens with one attached hydrogen (secondary N) is 1. The first-order chi connectivity index (χ1) is 23.3. The number of nitrogens with zero attached hydrogens (tertiary/aromatic N) is 1. The Morgan fingerprint density at radius 2 is 1.78 bits per heavy atom.